The second kappa shape index (κ2) is 6.95. The van der Waals surface area contributed by atoms with Crippen molar-refractivity contribution in [2.75, 3.05) is 13.2 Å². The summed E-state index contributed by atoms with van der Waals surface area (Å²) >= 11 is 0. The van der Waals surface area contributed by atoms with Gasteiger partial charge in [-0.05, 0) is 67.7 Å². The highest BCUT2D eigenvalue weighted by molar-refractivity contribution is 4.93. The molecule has 0 amide bonds. The van der Waals surface area contributed by atoms with E-state index in [9.17, 15) is 10.1 Å². The Hall–Kier alpha value is -0.840. The molecule has 3 aliphatic carbocycles. The Bertz CT molecular complexity index is 363. The third-order valence-corrected chi connectivity index (χ3v) is 5.96. The van der Waals surface area contributed by atoms with Crippen LogP contribution in [0, 0.1) is 39.2 Å². The zero-order valence-electron chi connectivity index (χ0n) is 13.4. The average molecular weight is 298 g/mol. The van der Waals surface area contributed by atoms with Gasteiger partial charge in [0.2, 0.25) is 0 Å². The van der Waals surface area contributed by atoms with Gasteiger partial charge in [0, 0.05) is 0 Å². The van der Waals surface area contributed by atoms with Crippen molar-refractivity contribution in [3.05, 3.63) is 10.1 Å². The Labute approximate surface area is 127 Å². The number of nitrogens with zero attached hydrogens (tertiary/aromatic N) is 1. The molecule has 0 aliphatic heterocycles. The van der Waals surface area contributed by atoms with Crippen molar-refractivity contribution in [2.45, 2.75) is 58.8 Å². The molecule has 0 radical (unpaired) electrons. The summed E-state index contributed by atoms with van der Waals surface area (Å²) < 4.78 is 0. The van der Waals surface area contributed by atoms with Gasteiger partial charge in [-0.1, -0.05) is 26.7 Å². The minimum atomic E-state index is -0.633. The van der Waals surface area contributed by atoms with E-state index in [4.69, 9.17) is 10.6 Å². The number of hydrogen-bond acceptors (Lipinski definition) is 4. The normalized spacial score (nSPS) is 39.6. The number of nitrogens with two attached hydrogens (primary N) is 1. The van der Waals surface area contributed by atoms with Gasteiger partial charge in [-0.25, -0.2) is 0 Å². The summed E-state index contributed by atoms with van der Waals surface area (Å²) in [5, 5.41) is 9.97. The molecule has 5 nitrogen and oxygen atoms in total. The molecule has 21 heavy (non-hydrogen) atoms. The van der Waals surface area contributed by atoms with Crippen LogP contribution >= 0.6 is 0 Å². The van der Waals surface area contributed by atoms with Crippen molar-refractivity contribution in [2.24, 2.45) is 34.8 Å². The van der Waals surface area contributed by atoms with Crippen molar-refractivity contribution in [3.8, 4) is 0 Å². The zero-order valence-corrected chi connectivity index (χ0v) is 13.4. The van der Waals surface area contributed by atoms with E-state index in [1.807, 2.05) is 0 Å². The third kappa shape index (κ3) is 4.09. The summed E-state index contributed by atoms with van der Waals surface area (Å²) in [6.07, 6.45) is 8.23. The maximum absolute atomic E-state index is 10.6. The van der Waals surface area contributed by atoms with Gasteiger partial charge in [0.25, 0.3) is 5.09 Å². The van der Waals surface area contributed by atoms with E-state index in [0.717, 1.165) is 18.8 Å². The van der Waals surface area contributed by atoms with Crippen LogP contribution in [-0.2, 0) is 4.84 Å². The molecule has 0 aromatic carbocycles. The second-order valence-corrected chi connectivity index (χ2v) is 7.55. The first-order valence-electron chi connectivity index (χ1n) is 8.45. The molecule has 5 unspecified atom stereocenters. The van der Waals surface area contributed by atoms with E-state index in [2.05, 4.69) is 13.8 Å². The fourth-order valence-electron chi connectivity index (χ4n) is 5.12. The summed E-state index contributed by atoms with van der Waals surface area (Å²) in [5.74, 6) is 2.42. The smallest absolute Gasteiger partial charge is 0.294 e. The Morgan fingerprint density at radius 2 is 2.10 bits per heavy atom. The standard InChI is InChI=1S/C16H30N2O3/c1-3-13-8-12-4-5-15(13)14(11-21-18(19)20)10-16(2,9-12)6-7-17/h12-15H,3-11,17H2,1-2H3. The molecule has 3 saturated carbocycles. The third-order valence-electron chi connectivity index (χ3n) is 5.96. The van der Waals surface area contributed by atoms with Crippen LogP contribution in [0.2, 0.25) is 0 Å². The number of rotatable bonds is 6. The molecular weight excluding hydrogens is 268 g/mol. The van der Waals surface area contributed by atoms with E-state index in [0.29, 0.717) is 24.3 Å². The summed E-state index contributed by atoms with van der Waals surface area (Å²) in [5.41, 5.74) is 6.04. The summed E-state index contributed by atoms with van der Waals surface area (Å²) in [6, 6.07) is 0. The second-order valence-electron chi connectivity index (χ2n) is 7.55. The predicted molar refractivity (Wildman–Crippen MR) is 82.1 cm³/mol. The molecule has 3 rings (SSSR count). The molecular formula is C16H30N2O3. The van der Waals surface area contributed by atoms with Crippen molar-refractivity contribution in [3.63, 3.8) is 0 Å². The van der Waals surface area contributed by atoms with Crippen LogP contribution < -0.4 is 5.73 Å². The molecule has 3 aliphatic rings. The van der Waals surface area contributed by atoms with Crippen LogP contribution in [0.5, 0.6) is 0 Å². The minimum absolute atomic E-state index is 0.224. The topological polar surface area (TPSA) is 78.4 Å². The van der Waals surface area contributed by atoms with Crippen LogP contribution in [0.25, 0.3) is 0 Å². The molecule has 0 saturated heterocycles. The first-order valence-corrected chi connectivity index (χ1v) is 8.45. The fourth-order valence-corrected chi connectivity index (χ4v) is 5.12. The first-order chi connectivity index (χ1) is 9.97. The fraction of sp³-hybridized carbons (Fsp3) is 1.00. The van der Waals surface area contributed by atoms with Gasteiger partial charge < -0.3 is 10.6 Å². The molecule has 3 fully saturated rings. The SMILES string of the molecule is CCC1CC2CCC1C(CO[N+](=O)[O-])CC(C)(CCN)C2. The average Bonchev–Trinajstić information content (AvgIpc) is 2.41. The highest BCUT2D eigenvalue weighted by Crippen LogP contribution is 2.51. The van der Waals surface area contributed by atoms with Gasteiger partial charge in [-0.2, -0.15) is 0 Å². The van der Waals surface area contributed by atoms with Crippen molar-refractivity contribution >= 4 is 0 Å². The van der Waals surface area contributed by atoms with Gasteiger partial charge in [-0.15, -0.1) is 10.1 Å². The quantitative estimate of drug-likeness (QED) is 0.602. The van der Waals surface area contributed by atoms with Gasteiger partial charge in [0.05, 0.1) is 6.61 Å². The minimum Gasteiger partial charge on any atom is -0.330 e. The molecule has 2 bridgehead atoms. The van der Waals surface area contributed by atoms with E-state index in [-0.39, 0.29) is 12.0 Å². The van der Waals surface area contributed by atoms with Crippen LogP contribution in [0.1, 0.15) is 58.8 Å². The first kappa shape index (κ1) is 16.5. The monoisotopic (exact) mass is 298 g/mol. The van der Waals surface area contributed by atoms with Gasteiger partial charge in [-0.3, -0.25) is 0 Å². The number of fused-ring (bicyclic) bond motifs is 5. The van der Waals surface area contributed by atoms with Gasteiger partial charge in [0.1, 0.15) is 0 Å². The lowest BCUT2D eigenvalue weighted by atomic mass is 9.57. The lowest BCUT2D eigenvalue weighted by molar-refractivity contribution is -0.759. The molecule has 0 spiro atoms. The molecule has 0 heterocycles. The Morgan fingerprint density at radius 1 is 1.33 bits per heavy atom. The van der Waals surface area contributed by atoms with Crippen LogP contribution in [-0.4, -0.2) is 18.2 Å². The highest BCUT2D eigenvalue weighted by Gasteiger charge is 2.43. The van der Waals surface area contributed by atoms with Crippen LogP contribution in [0.3, 0.4) is 0 Å². The number of hydrogen-bond donors (Lipinski definition) is 1. The van der Waals surface area contributed by atoms with Crippen molar-refractivity contribution in [1.82, 2.24) is 0 Å². The van der Waals surface area contributed by atoms with E-state index >= 15 is 0 Å². The van der Waals surface area contributed by atoms with E-state index in [1.54, 1.807) is 0 Å². The molecule has 5 heteroatoms. The lowest BCUT2D eigenvalue weighted by Gasteiger charge is -2.48. The van der Waals surface area contributed by atoms with E-state index in [1.165, 1.54) is 32.1 Å². The lowest BCUT2D eigenvalue weighted by Crippen LogP contribution is -2.41. The van der Waals surface area contributed by atoms with Crippen LogP contribution in [0.4, 0.5) is 0 Å². The van der Waals surface area contributed by atoms with Gasteiger partial charge >= 0.3 is 0 Å². The summed E-state index contributed by atoms with van der Waals surface area (Å²) in [7, 11) is 0. The van der Waals surface area contributed by atoms with Crippen molar-refractivity contribution in [1.29, 1.82) is 0 Å². The van der Waals surface area contributed by atoms with E-state index < -0.39 is 5.09 Å². The molecule has 0 aromatic heterocycles. The van der Waals surface area contributed by atoms with Gasteiger partial charge in [0.15, 0.2) is 0 Å². The largest absolute Gasteiger partial charge is 0.330 e. The molecule has 0 aromatic rings. The maximum Gasteiger partial charge on any atom is 0.294 e. The Balaban J connectivity index is 2.16. The molecule has 2 N–H and O–H groups in total. The summed E-state index contributed by atoms with van der Waals surface area (Å²) in [4.78, 5) is 15.4. The summed E-state index contributed by atoms with van der Waals surface area (Å²) in [6.45, 7) is 5.54. The molecule has 122 valence electrons. The Kier molecular flexibility index (Phi) is 5.47. The molecule has 5 atom stereocenters. The predicted octanol–water partition coefficient (Wildman–Crippen LogP) is 3.40. The highest BCUT2D eigenvalue weighted by atomic mass is 16.9. The zero-order chi connectivity index (χ0) is 15.5. The Morgan fingerprint density at radius 3 is 2.71 bits per heavy atom. The van der Waals surface area contributed by atoms with Crippen molar-refractivity contribution < 1.29 is 9.92 Å². The van der Waals surface area contributed by atoms with Crippen LogP contribution in [0.15, 0.2) is 0 Å². The maximum atomic E-state index is 10.6.